The molecule has 0 radical (unpaired) electrons. The lowest BCUT2D eigenvalue weighted by atomic mass is 9.86. The van der Waals surface area contributed by atoms with Crippen molar-refractivity contribution in [2.45, 2.75) is 25.8 Å². The number of aromatic nitrogens is 1. The van der Waals surface area contributed by atoms with Gasteiger partial charge in [0.2, 0.25) is 24.2 Å². The highest BCUT2D eigenvalue weighted by atomic mass is 16.7. The molecule has 0 fully saturated rings. The molecule has 12 heteroatoms. The largest absolute Gasteiger partial charge is 0.506 e. The number of benzene rings is 2. The summed E-state index contributed by atoms with van der Waals surface area (Å²) in [7, 11) is 4.38. The number of amides is 1. The number of rotatable bonds is 11. The Morgan fingerprint density at radius 2 is 1.80 bits per heavy atom. The van der Waals surface area contributed by atoms with Gasteiger partial charge in [-0.1, -0.05) is 12.1 Å². The second-order valence-corrected chi connectivity index (χ2v) is 8.66. The summed E-state index contributed by atoms with van der Waals surface area (Å²) in [5, 5.41) is 14.0. The number of esters is 1. The molecule has 4 rings (SSSR count). The van der Waals surface area contributed by atoms with Gasteiger partial charge in [-0.3, -0.25) is 9.59 Å². The monoisotopic (exact) mass is 554 g/mol. The highest BCUT2D eigenvalue weighted by Gasteiger charge is 2.35. The predicted octanol–water partition coefficient (Wildman–Crippen LogP) is 2.85. The summed E-state index contributed by atoms with van der Waals surface area (Å²) in [6.07, 6.45) is 0.760. The number of ether oxygens (including phenoxy) is 6. The van der Waals surface area contributed by atoms with Gasteiger partial charge in [-0.15, -0.1) is 0 Å². The van der Waals surface area contributed by atoms with Crippen LogP contribution in [0, 0.1) is 0 Å². The van der Waals surface area contributed by atoms with Gasteiger partial charge < -0.3 is 43.8 Å². The predicted molar refractivity (Wildman–Crippen MR) is 142 cm³/mol. The van der Waals surface area contributed by atoms with Gasteiger partial charge in [0.1, 0.15) is 17.1 Å². The Labute approximate surface area is 229 Å². The minimum Gasteiger partial charge on any atom is -0.506 e. The van der Waals surface area contributed by atoms with E-state index < -0.39 is 29.1 Å². The van der Waals surface area contributed by atoms with Crippen molar-refractivity contribution in [3.05, 3.63) is 69.1 Å². The molecule has 1 aromatic heterocycles. The molecule has 212 valence electrons. The molecule has 0 aliphatic carbocycles. The maximum absolute atomic E-state index is 13.3. The van der Waals surface area contributed by atoms with Crippen molar-refractivity contribution in [3.63, 3.8) is 0 Å². The van der Waals surface area contributed by atoms with E-state index in [4.69, 9.17) is 28.4 Å². The zero-order chi connectivity index (χ0) is 28.8. The zero-order valence-corrected chi connectivity index (χ0v) is 22.5. The Kier molecular flexibility index (Phi) is 8.67. The van der Waals surface area contributed by atoms with Crippen LogP contribution >= 0.6 is 0 Å². The Morgan fingerprint density at radius 3 is 2.45 bits per heavy atom. The van der Waals surface area contributed by atoms with Crippen molar-refractivity contribution in [2.24, 2.45) is 0 Å². The summed E-state index contributed by atoms with van der Waals surface area (Å²) in [5.41, 5.74) is -0.0867. The van der Waals surface area contributed by atoms with Crippen molar-refractivity contribution in [1.29, 1.82) is 0 Å². The molecule has 3 N–H and O–H groups in total. The lowest BCUT2D eigenvalue weighted by Gasteiger charge is -2.23. The summed E-state index contributed by atoms with van der Waals surface area (Å²) in [4.78, 5) is 41.4. The normalized spacial score (nSPS) is 12.4. The third-order valence-corrected chi connectivity index (χ3v) is 6.38. The van der Waals surface area contributed by atoms with Crippen LogP contribution in [0.25, 0.3) is 0 Å². The molecule has 0 saturated heterocycles. The number of hydrogen-bond donors (Lipinski definition) is 3. The minimum atomic E-state index is -1.10. The molecule has 1 atom stereocenters. The first-order chi connectivity index (χ1) is 19.3. The molecule has 1 aliphatic rings. The molecule has 2 heterocycles. The molecule has 0 saturated carbocycles. The number of carbonyl (C=O) groups is 2. The van der Waals surface area contributed by atoms with E-state index in [0.29, 0.717) is 17.1 Å². The average molecular weight is 555 g/mol. The van der Waals surface area contributed by atoms with Crippen LogP contribution < -0.4 is 34.6 Å². The second-order valence-electron chi connectivity index (χ2n) is 8.66. The fraction of sp³-hybridized carbons (Fsp3) is 0.321. The molecule has 12 nitrogen and oxygen atoms in total. The molecule has 1 aliphatic heterocycles. The summed E-state index contributed by atoms with van der Waals surface area (Å²) < 4.78 is 32.4. The van der Waals surface area contributed by atoms with Gasteiger partial charge in [0.25, 0.3) is 5.56 Å². The van der Waals surface area contributed by atoms with Crippen molar-refractivity contribution in [3.8, 4) is 34.5 Å². The smallest absolute Gasteiger partial charge is 0.343 e. The van der Waals surface area contributed by atoms with E-state index in [1.807, 2.05) is 12.1 Å². The number of pyridine rings is 1. The van der Waals surface area contributed by atoms with Crippen LogP contribution in [0.5, 0.6) is 34.5 Å². The van der Waals surface area contributed by atoms with Crippen LogP contribution in [-0.4, -0.2) is 56.7 Å². The number of carbonyl (C=O) groups excluding carboxylic acids is 2. The standard InChI is InChI=1S/C28H30N2O10/c1-5-38-28(34)19-13-30-27(33)22(23(19)32)17(11-21(31)29-12-15-6-8-16(35-2)9-7-15)18-10-20(36-3)25-26(24(18)37-4)40-14-39-25/h6-10,13,17H,5,11-12,14H2,1-4H3,(H,29,31)(H2,30,32,33). The van der Waals surface area contributed by atoms with Crippen LogP contribution in [0.4, 0.5) is 0 Å². The quantitative estimate of drug-likeness (QED) is 0.301. The summed E-state index contributed by atoms with van der Waals surface area (Å²) in [5.74, 6) is -1.36. The van der Waals surface area contributed by atoms with Crippen LogP contribution in [0.15, 0.2) is 41.3 Å². The summed E-state index contributed by atoms with van der Waals surface area (Å²) >= 11 is 0. The van der Waals surface area contributed by atoms with Gasteiger partial charge in [-0.2, -0.15) is 0 Å². The van der Waals surface area contributed by atoms with Gasteiger partial charge in [0.05, 0.1) is 33.5 Å². The van der Waals surface area contributed by atoms with E-state index in [-0.39, 0.29) is 54.7 Å². The number of aromatic hydroxyl groups is 1. The molecular formula is C28H30N2O10. The topological polar surface area (TPSA) is 155 Å². The molecule has 3 aromatic rings. The third-order valence-electron chi connectivity index (χ3n) is 6.38. The average Bonchev–Trinajstić information content (AvgIpc) is 3.45. The molecule has 40 heavy (non-hydrogen) atoms. The van der Waals surface area contributed by atoms with Crippen molar-refractivity contribution < 1.29 is 43.1 Å². The van der Waals surface area contributed by atoms with Crippen molar-refractivity contribution in [1.82, 2.24) is 10.3 Å². The SMILES string of the molecule is CCOC(=O)c1c[nH]c(=O)c(C(CC(=O)NCc2ccc(OC)cc2)c2cc(OC)c3c(c2OC)OCO3)c1O. The number of fused-ring (bicyclic) bond motifs is 1. The van der Waals surface area contributed by atoms with Crippen LogP contribution in [0.1, 0.15) is 46.3 Å². The van der Waals surface area contributed by atoms with E-state index in [1.54, 1.807) is 32.2 Å². The van der Waals surface area contributed by atoms with Crippen LogP contribution in [0.2, 0.25) is 0 Å². The number of hydrogen-bond acceptors (Lipinski definition) is 10. The molecular weight excluding hydrogens is 524 g/mol. The van der Waals surface area contributed by atoms with Crippen LogP contribution in [0.3, 0.4) is 0 Å². The highest BCUT2D eigenvalue weighted by Crippen LogP contribution is 2.53. The summed E-state index contributed by atoms with van der Waals surface area (Å²) in [6.45, 7) is 1.77. The van der Waals surface area contributed by atoms with E-state index >= 15 is 0 Å². The first-order valence-corrected chi connectivity index (χ1v) is 12.4. The van der Waals surface area contributed by atoms with Gasteiger partial charge in [0, 0.05) is 30.6 Å². The number of nitrogens with one attached hydrogen (secondary N) is 2. The maximum atomic E-state index is 13.3. The van der Waals surface area contributed by atoms with E-state index in [0.717, 1.165) is 11.8 Å². The maximum Gasteiger partial charge on any atom is 0.343 e. The first-order valence-electron chi connectivity index (χ1n) is 12.4. The van der Waals surface area contributed by atoms with Gasteiger partial charge in [-0.25, -0.2) is 4.79 Å². The Morgan fingerprint density at radius 1 is 1.07 bits per heavy atom. The Hall–Kier alpha value is -4.87. The lowest BCUT2D eigenvalue weighted by Crippen LogP contribution is -2.28. The number of methoxy groups -OCH3 is 3. The first kappa shape index (κ1) is 28.1. The molecule has 1 amide bonds. The fourth-order valence-electron chi connectivity index (χ4n) is 4.45. The second kappa shape index (κ2) is 12.3. The Balaban J connectivity index is 1.79. The van der Waals surface area contributed by atoms with E-state index in [1.165, 1.54) is 14.2 Å². The van der Waals surface area contributed by atoms with Gasteiger partial charge in [-0.05, 0) is 30.7 Å². The number of aromatic amines is 1. The van der Waals surface area contributed by atoms with E-state index in [9.17, 15) is 19.5 Å². The van der Waals surface area contributed by atoms with Crippen molar-refractivity contribution in [2.75, 3.05) is 34.7 Å². The molecule has 0 bridgehead atoms. The molecule has 1 unspecified atom stereocenters. The summed E-state index contributed by atoms with van der Waals surface area (Å²) in [6, 6.07) is 8.70. The van der Waals surface area contributed by atoms with Gasteiger partial charge >= 0.3 is 5.97 Å². The third kappa shape index (κ3) is 5.60. The van der Waals surface area contributed by atoms with Crippen LogP contribution in [-0.2, 0) is 16.1 Å². The highest BCUT2D eigenvalue weighted by molar-refractivity contribution is 5.92. The lowest BCUT2D eigenvalue weighted by molar-refractivity contribution is -0.121. The zero-order valence-electron chi connectivity index (χ0n) is 22.5. The van der Waals surface area contributed by atoms with Crippen molar-refractivity contribution >= 4 is 11.9 Å². The fourth-order valence-corrected chi connectivity index (χ4v) is 4.45. The van der Waals surface area contributed by atoms with Gasteiger partial charge in [0.15, 0.2) is 11.5 Å². The minimum absolute atomic E-state index is 0.0527. The Bertz CT molecular complexity index is 1450. The van der Waals surface area contributed by atoms with E-state index in [2.05, 4.69) is 10.3 Å². The number of H-pyrrole nitrogens is 1. The molecule has 2 aromatic carbocycles. The molecule has 0 spiro atoms.